The maximum atomic E-state index is 12.9. The van der Waals surface area contributed by atoms with E-state index < -0.39 is 53.5 Å². The van der Waals surface area contributed by atoms with Crippen molar-refractivity contribution in [2.45, 2.75) is 24.8 Å². The van der Waals surface area contributed by atoms with Crippen LogP contribution in [0.25, 0.3) is 0 Å². The predicted octanol–water partition coefficient (Wildman–Crippen LogP) is 3.45. The molecule has 1 rings (SSSR count). The molecule has 1 heterocycles. The summed E-state index contributed by atoms with van der Waals surface area (Å²) in [7, 11) is 0.966. The van der Waals surface area contributed by atoms with E-state index in [0.29, 0.717) is 6.07 Å². The van der Waals surface area contributed by atoms with E-state index in [1.54, 1.807) is 0 Å². The SMILES string of the molecule is COC(=O)Cc1cc(C(F)(F)F)c(CCl)c(OC(F)(F)F)n1. The van der Waals surface area contributed by atoms with Crippen LogP contribution in [-0.4, -0.2) is 24.4 Å². The first-order valence-corrected chi connectivity index (χ1v) is 6.00. The Bertz CT molecular complexity index is 558. The highest BCUT2D eigenvalue weighted by atomic mass is 35.5. The predicted molar refractivity (Wildman–Crippen MR) is 61.2 cm³/mol. The molecule has 0 saturated heterocycles. The Labute approximate surface area is 125 Å². The van der Waals surface area contributed by atoms with Crippen molar-refractivity contribution in [3.8, 4) is 5.88 Å². The molecule has 0 aliphatic heterocycles. The number of halogens is 7. The number of nitrogens with zero attached hydrogens (tertiary/aromatic N) is 1. The Kier molecular flexibility index (Phi) is 5.49. The highest BCUT2D eigenvalue weighted by molar-refractivity contribution is 6.17. The Morgan fingerprint density at radius 1 is 1.27 bits per heavy atom. The van der Waals surface area contributed by atoms with Gasteiger partial charge < -0.3 is 9.47 Å². The second-order valence-electron chi connectivity index (χ2n) is 3.88. The molecule has 0 N–H and O–H groups in total. The van der Waals surface area contributed by atoms with Gasteiger partial charge in [-0.25, -0.2) is 4.98 Å². The molecule has 22 heavy (non-hydrogen) atoms. The second kappa shape index (κ2) is 6.59. The Morgan fingerprint density at radius 2 is 1.86 bits per heavy atom. The molecule has 0 atom stereocenters. The molecule has 4 nitrogen and oxygen atoms in total. The molecule has 0 fully saturated rings. The summed E-state index contributed by atoms with van der Waals surface area (Å²) < 4.78 is 83.2. The number of alkyl halides is 7. The van der Waals surface area contributed by atoms with Gasteiger partial charge in [-0.1, -0.05) is 0 Å². The average molecular weight is 352 g/mol. The number of ether oxygens (including phenoxy) is 2. The van der Waals surface area contributed by atoms with Crippen molar-refractivity contribution < 1.29 is 40.6 Å². The van der Waals surface area contributed by atoms with Crippen LogP contribution in [0.2, 0.25) is 0 Å². The van der Waals surface area contributed by atoms with Crippen LogP contribution in [0.1, 0.15) is 16.8 Å². The summed E-state index contributed by atoms with van der Waals surface area (Å²) in [4.78, 5) is 14.3. The summed E-state index contributed by atoms with van der Waals surface area (Å²) in [6, 6.07) is 0.428. The van der Waals surface area contributed by atoms with Gasteiger partial charge in [-0.2, -0.15) is 13.2 Å². The minimum atomic E-state index is -5.26. The fourth-order valence-electron chi connectivity index (χ4n) is 1.49. The number of esters is 1. The van der Waals surface area contributed by atoms with Crippen LogP contribution >= 0.6 is 11.6 Å². The molecule has 0 amide bonds. The van der Waals surface area contributed by atoms with Crippen molar-refractivity contribution in [2.24, 2.45) is 0 Å². The zero-order valence-electron chi connectivity index (χ0n) is 10.8. The van der Waals surface area contributed by atoms with E-state index >= 15 is 0 Å². The first-order chi connectivity index (χ1) is 9.97. The van der Waals surface area contributed by atoms with Crippen LogP contribution in [0.5, 0.6) is 5.88 Å². The van der Waals surface area contributed by atoms with Gasteiger partial charge in [0.05, 0.1) is 30.7 Å². The van der Waals surface area contributed by atoms with Gasteiger partial charge in [0.1, 0.15) is 0 Å². The third-order valence-corrected chi connectivity index (χ3v) is 2.61. The van der Waals surface area contributed by atoms with Crippen LogP contribution in [0.15, 0.2) is 6.07 Å². The number of aromatic nitrogens is 1. The zero-order chi connectivity index (χ0) is 17.1. The minimum absolute atomic E-state index is 0.428. The Hall–Kier alpha value is -1.71. The lowest BCUT2D eigenvalue weighted by Crippen LogP contribution is -2.22. The van der Waals surface area contributed by atoms with Crippen LogP contribution < -0.4 is 4.74 Å². The third kappa shape index (κ3) is 4.93. The molecular weight excluding hydrogens is 344 g/mol. The molecule has 0 radical (unpaired) electrons. The number of hydrogen-bond donors (Lipinski definition) is 0. The van der Waals surface area contributed by atoms with E-state index in [1.807, 2.05) is 0 Å². The number of carbonyl (C=O) groups excluding carboxylic acids is 1. The van der Waals surface area contributed by atoms with Crippen molar-refractivity contribution in [1.82, 2.24) is 4.98 Å². The van der Waals surface area contributed by atoms with Gasteiger partial charge in [0.25, 0.3) is 0 Å². The van der Waals surface area contributed by atoms with Gasteiger partial charge in [0.2, 0.25) is 5.88 Å². The molecule has 1 aromatic rings. The van der Waals surface area contributed by atoms with Crippen LogP contribution in [0.3, 0.4) is 0 Å². The van der Waals surface area contributed by atoms with Crippen molar-refractivity contribution in [1.29, 1.82) is 0 Å². The second-order valence-corrected chi connectivity index (χ2v) is 4.14. The average Bonchev–Trinajstić information content (AvgIpc) is 2.35. The normalized spacial score (nSPS) is 12.2. The van der Waals surface area contributed by atoms with Crippen molar-refractivity contribution in [3.05, 3.63) is 22.9 Å². The summed E-state index contributed by atoms with van der Waals surface area (Å²) in [5.41, 5.74) is -3.02. The summed E-state index contributed by atoms with van der Waals surface area (Å²) >= 11 is 5.28. The Balaban J connectivity index is 3.44. The molecule has 0 aliphatic rings. The summed E-state index contributed by atoms with van der Waals surface area (Å²) in [5.74, 6) is -3.24. The monoisotopic (exact) mass is 351 g/mol. The summed E-state index contributed by atoms with van der Waals surface area (Å²) in [5, 5.41) is 0. The number of rotatable bonds is 4. The van der Waals surface area contributed by atoms with E-state index in [2.05, 4.69) is 14.5 Å². The van der Waals surface area contributed by atoms with Crippen LogP contribution in [0, 0.1) is 0 Å². The molecule has 1 aromatic heterocycles. The van der Waals surface area contributed by atoms with Crippen LogP contribution in [0.4, 0.5) is 26.3 Å². The third-order valence-electron chi connectivity index (χ3n) is 2.34. The maximum absolute atomic E-state index is 12.9. The van der Waals surface area contributed by atoms with Crippen molar-refractivity contribution >= 4 is 17.6 Å². The van der Waals surface area contributed by atoms with E-state index in [9.17, 15) is 31.1 Å². The first kappa shape index (κ1) is 18.3. The maximum Gasteiger partial charge on any atom is 0.574 e. The minimum Gasteiger partial charge on any atom is -0.469 e. The van der Waals surface area contributed by atoms with E-state index in [4.69, 9.17) is 11.6 Å². The molecule has 0 aromatic carbocycles. The number of carbonyl (C=O) groups is 1. The topological polar surface area (TPSA) is 48.4 Å². The Morgan fingerprint density at radius 3 is 2.27 bits per heavy atom. The first-order valence-electron chi connectivity index (χ1n) is 5.46. The van der Waals surface area contributed by atoms with E-state index in [0.717, 1.165) is 7.11 Å². The van der Waals surface area contributed by atoms with Gasteiger partial charge in [0.15, 0.2) is 0 Å². The fourth-order valence-corrected chi connectivity index (χ4v) is 1.74. The van der Waals surface area contributed by atoms with Gasteiger partial charge in [-0.15, -0.1) is 24.8 Å². The number of pyridine rings is 1. The lowest BCUT2D eigenvalue weighted by molar-refractivity contribution is -0.276. The molecule has 0 unspecified atom stereocenters. The fraction of sp³-hybridized carbons (Fsp3) is 0.455. The van der Waals surface area contributed by atoms with E-state index in [-0.39, 0.29) is 0 Å². The van der Waals surface area contributed by atoms with Gasteiger partial charge in [-0.3, -0.25) is 4.79 Å². The zero-order valence-corrected chi connectivity index (χ0v) is 11.6. The van der Waals surface area contributed by atoms with Crippen molar-refractivity contribution in [2.75, 3.05) is 7.11 Å². The van der Waals surface area contributed by atoms with Gasteiger partial charge in [0, 0.05) is 5.56 Å². The number of methoxy groups -OCH3 is 1. The molecule has 124 valence electrons. The van der Waals surface area contributed by atoms with Crippen LogP contribution in [-0.2, 0) is 28.0 Å². The lowest BCUT2D eigenvalue weighted by atomic mass is 10.1. The molecule has 0 bridgehead atoms. The largest absolute Gasteiger partial charge is 0.574 e. The van der Waals surface area contributed by atoms with Gasteiger partial charge >= 0.3 is 18.5 Å². The van der Waals surface area contributed by atoms with E-state index in [1.165, 1.54) is 0 Å². The molecule has 0 saturated carbocycles. The molecule has 0 spiro atoms. The van der Waals surface area contributed by atoms with Gasteiger partial charge in [-0.05, 0) is 6.07 Å². The smallest absolute Gasteiger partial charge is 0.469 e. The number of hydrogen-bond acceptors (Lipinski definition) is 4. The lowest BCUT2D eigenvalue weighted by Gasteiger charge is -2.17. The highest BCUT2D eigenvalue weighted by Gasteiger charge is 2.39. The molecular formula is C11H8ClF6NO3. The quantitative estimate of drug-likeness (QED) is 0.473. The highest BCUT2D eigenvalue weighted by Crippen LogP contribution is 2.38. The molecule has 0 aliphatic carbocycles. The standard InChI is InChI=1S/C11H8ClF6NO3/c1-21-8(20)3-5-2-7(10(13,14)15)6(4-12)9(19-5)22-11(16,17)18/h2H,3-4H2,1H3. The summed E-state index contributed by atoms with van der Waals surface area (Å²) in [6.07, 6.45) is -11.0. The molecule has 11 heteroatoms. The van der Waals surface area contributed by atoms with Crippen molar-refractivity contribution in [3.63, 3.8) is 0 Å². The summed E-state index contributed by atoms with van der Waals surface area (Å²) in [6.45, 7) is 0.